The predicted octanol–water partition coefficient (Wildman–Crippen LogP) is 3.37. The average molecular weight is 280 g/mol. The molecule has 0 aliphatic rings. The molecule has 108 valence electrons. The van der Waals surface area contributed by atoms with Crippen molar-refractivity contribution in [3.63, 3.8) is 0 Å². The SMILES string of the molecule is CCOC(=O)C(CC)(CC)P(=O)(OCC)OCC. The summed E-state index contributed by atoms with van der Waals surface area (Å²) in [6, 6.07) is 0. The van der Waals surface area contributed by atoms with Gasteiger partial charge in [0.1, 0.15) is 0 Å². The van der Waals surface area contributed by atoms with Crippen LogP contribution < -0.4 is 0 Å². The molecule has 0 fully saturated rings. The van der Waals surface area contributed by atoms with Crippen molar-refractivity contribution in [1.29, 1.82) is 0 Å². The molecule has 5 nitrogen and oxygen atoms in total. The summed E-state index contributed by atoms with van der Waals surface area (Å²) in [5.41, 5.74) is 0. The van der Waals surface area contributed by atoms with Crippen molar-refractivity contribution in [2.75, 3.05) is 19.8 Å². The normalized spacial score (nSPS) is 12.5. The molecule has 0 spiro atoms. The third-order valence-electron chi connectivity index (χ3n) is 2.95. The molecule has 0 aromatic rings. The lowest BCUT2D eigenvalue weighted by Gasteiger charge is -2.35. The van der Waals surface area contributed by atoms with Gasteiger partial charge in [0.15, 0.2) is 5.16 Å². The van der Waals surface area contributed by atoms with E-state index < -0.39 is 18.7 Å². The molecule has 0 rings (SSSR count). The maximum Gasteiger partial charge on any atom is 0.347 e. The zero-order chi connectivity index (χ0) is 14.2. The van der Waals surface area contributed by atoms with E-state index in [4.69, 9.17) is 13.8 Å². The van der Waals surface area contributed by atoms with Crippen molar-refractivity contribution >= 4 is 13.6 Å². The molecule has 0 saturated heterocycles. The van der Waals surface area contributed by atoms with E-state index in [1.54, 1.807) is 34.6 Å². The first-order chi connectivity index (χ1) is 8.47. The van der Waals surface area contributed by atoms with Crippen LogP contribution in [0.4, 0.5) is 0 Å². The minimum atomic E-state index is -3.52. The first-order valence-electron chi connectivity index (χ1n) is 6.54. The van der Waals surface area contributed by atoms with Crippen LogP contribution in [0, 0.1) is 0 Å². The van der Waals surface area contributed by atoms with Gasteiger partial charge in [-0.25, -0.2) is 0 Å². The zero-order valence-electron chi connectivity index (χ0n) is 12.0. The van der Waals surface area contributed by atoms with Crippen LogP contribution in [-0.4, -0.2) is 30.9 Å². The maximum absolute atomic E-state index is 12.9. The molecule has 0 amide bonds. The highest BCUT2D eigenvalue weighted by molar-refractivity contribution is 7.56. The minimum Gasteiger partial charge on any atom is -0.465 e. The highest BCUT2D eigenvalue weighted by atomic mass is 31.2. The van der Waals surface area contributed by atoms with E-state index in [0.717, 1.165) is 0 Å². The van der Waals surface area contributed by atoms with E-state index in [-0.39, 0.29) is 19.8 Å². The van der Waals surface area contributed by atoms with Crippen molar-refractivity contribution in [1.82, 2.24) is 0 Å². The van der Waals surface area contributed by atoms with E-state index in [1.165, 1.54) is 0 Å². The molecular formula is C12H25O5P. The summed E-state index contributed by atoms with van der Waals surface area (Å²) >= 11 is 0. The molecule has 0 unspecified atom stereocenters. The average Bonchev–Trinajstić information content (AvgIpc) is 2.32. The van der Waals surface area contributed by atoms with Gasteiger partial charge in [-0.3, -0.25) is 9.36 Å². The van der Waals surface area contributed by atoms with Gasteiger partial charge in [0.2, 0.25) is 0 Å². The number of carbonyl (C=O) groups is 1. The standard InChI is InChI=1S/C12H25O5P/c1-6-12(7-2,11(13)15-8-3)18(14,16-9-4)17-10-5/h6-10H2,1-5H3. The number of ether oxygens (including phenoxy) is 1. The summed E-state index contributed by atoms with van der Waals surface area (Å²) in [5, 5.41) is -1.20. The fraction of sp³-hybridized carbons (Fsp3) is 0.917. The number of carbonyl (C=O) groups excluding carboxylic acids is 1. The molecule has 0 aliphatic heterocycles. The molecule has 0 atom stereocenters. The first kappa shape index (κ1) is 17.6. The van der Waals surface area contributed by atoms with Gasteiger partial charge in [0, 0.05) is 0 Å². The Kier molecular flexibility index (Phi) is 7.76. The smallest absolute Gasteiger partial charge is 0.347 e. The third-order valence-corrected chi connectivity index (χ3v) is 6.01. The molecule has 0 N–H and O–H groups in total. The monoisotopic (exact) mass is 280 g/mol. The van der Waals surface area contributed by atoms with Crippen LogP contribution in [0.25, 0.3) is 0 Å². The molecule has 0 aliphatic carbocycles. The summed E-state index contributed by atoms with van der Waals surface area (Å²) in [4.78, 5) is 12.2. The van der Waals surface area contributed by atoms with E-state index in [2.05, 4.69) is 0 Å². The summed E-state index contributed by atoms with van der Waals surface area (Å²) in [6.45, 7) is 9.49. The third kappa shape index (κ3) is 3.34. The molecule has 0 heterocycles. The topological polar surface area (TPSA) is 61.8 Å². The molecule has 0 aromatic heterocycles. The zero-order valence-corrected chi connectivity index (χ0v) is 12.9. The highest BCUT2D eigenvalue weighted by Crippen LogP contribution is 2.63. The molecule has 18 heavy (non-hydrogen) atoms. The predicted molar refractivity (Wildman–Crippen MR) is 70.8 cm³/mol. The first-order valence-corrected chi connectivity index (χ1v) is 8.08. The molecule has 0 saturated carbocycles. The van der Waals surface area contributed by atoms with Gasteiger partial charge in [0.05, 0.1) is 19.8 Å². The van der Waals surface area contributed by atoms with E-state index >= 15 is 0 Å². The fourth-order valence-electron chi connectivity index (χ4n) is 1.93. The Labute approximate surface area is 110 Å². The number of esters is 1. The van der Waals surface area contributed by atoms with Crippen LogP contribution in [0.1, 0.15) is 47.5 Å². The van der Waals surface area contributed by atoms with Crippen LogP contribution in [0.15, 0.2) is 0 Å². The van der Waals surface area contributed by atoms with Gasteiger partial charge in [-0.2, -0.15) is 0 Å². The van der Waals surface area contributed by atoms with Crippen molar-refractivity contribution in [2.45, 2.75) is 52.6 Å². The van der Waals surface area contributed by atoms with Crippen molar-refractivity contribution in [3.05, 3.63) is 0 Å². The van der Waals surface area contributed by atoms with Gasteiger partial charge >= 0.3 is 13.6 Å². The van der Waals surface area contributed by atoms with Crippen LogP contribution in [0.2, 0.25) is 0 Å². The van der Waals surface area contributed by atoms with Crippen LogP contribution in [-0.2, 0) is 23.1 Å². The largest absolute Gasteiger partial charge is 0.465 e. The number of hydrogen-bond donors (Lipinski definition) is 0. The second-order valence-electron chi connectivity index (χ2n) is 3.79. The Balaban J connectivity index is 5.50. The second kappa shape index (κ2) is 7.93. The molecule has 6 heteroatoms. The summed E-state index contributed by atoms with van der Waals surface area (Å²) in [7, 11) is -3.52. The number of rotatable bonds is 9. The van der Waals surface area contributed by atoms with Gasteiger partial charge in [-0.1, -0.05) is 13.8 Å². The quantitative estimate of drug-likeness (QED) is 0.478. The van der Waals surface area contributed by atoms with E-state index in [0.29, 0.717) is 12.8 Å². The number of hydrogen-bond acceptors (Lipinski definition) is 5. The lowest BCUT2D eigenvalue weighted by Crippen LogP contribution is -2.40. The highest BCUT2D eigenvalue weighted by Gasteiger charge is 2.55. The van der Waals surface area contributed by atoms with Crippen molar-refractivity contribution in [2.24, 2.45) is 0 Å². The Morgan fingerprint density at radius 3 is 1.67 bits per heavy atom. The summed E-state index contributed by atoms with van der Waals surface area (Å²) < 4.78 is 28.6. The van der Waals surface area contributed by atoms with Crippen molar-refractivity contribution < 1.29 is 23.1 Å². The maximum atomic E-state index is 12.9. The molecule has 0 radical (unpaired) electrons. The molecule has 0 bridgehead atoms. The van der Waals surface area contributed by atoms with Gasteiger partial charge in [0.25, 0.3) is 0 Å². The van der Waals surface area contributed by atoms with Crippen LogP contribution >= 0.6 is 7.60 Å². The van der Waals surface area contributed by atoms with Crippen LogP contribution in [0.5, 0.6) is 0 Å². The fourth-order valence-corrected chi connectivity index (χ4v) is 4.24. The molecular weight excluding hydrogens is 255 g/mol. The lowest BCUT2D eigenvalue weighted by atomic mass is 10.0. The van der Waals surface area contributed by atoms with E-state index in [1.807, 2.05) is 0 Å². The Morgan fingerprint density at radius 2 is 1.39 bits per heavy atom. The van der Waals surface area contributed by atoms with Crippen LogP contribution in [0.3, 0.4) is 0 Å². The molecule has 0 aromatic carbocycles. The van der Waals surface area contributed by atoms with Gasteiger partial charge < -0.3 is 13.8 Å². The summed E-state index contributed by atoms with van der Waals surface area (Å²) in [6.07, 6.45) is 0.721. The Morgan fingerprint density at radius 1 is 0.944 bits per heavy atom. The van der Waals surface area contributed by atoms with E-state index in [9.17, 15) is 9.36 Å². The lowest BCUT2D eigenvalue weighted by molar-refractivity contribution is -0.147. The second-order valence-corrected chi connectivity index (χ2v) is 6.16. The summed E-state index contributed by atoms with van der Waals surface area (Å²) in [5.74, 6) is -0.500. The minimum absolute atomic E-state index is 0.235. The van der Waals surface area contributed by atoms with Crippen molar-refractivity contribution in [3.8, 4) is 0 Å². The Hall–Kier alpha value is -0.380. The van der Waals surface area contributed by atoms with Gasteiger partial charge in [-0.05, 0) is 33.6 Å². The van der Waals surface area contributed by atoms with Gasteiger partial charge in [-0.15, -0.1) is 0 Å². The Bertz CT molecular complexity index is 289.